The van der Waals surface area contributed by atoms with Crippen LogP contribution in [0.4, 0.5) is 5.00 Å². The van der Waals surface area contributed by atoms with Crippen molar-refractivity contribution in [3.63, 3.8) is 0 Å². The summed E-state index contributed by atoms with van der Waals surface area (Å²) in [6.07, 6.45) is 0. The molecule has 27 heavy (non-hydrogen) atoms. The first-order valence-electron chi connectivity index (χ1n) is 8.69. The number of nitriles is 1. The summed E-state index contributed by atoms with van der Waals surface area (Å²) in [4.78, 5) is 13.4. The number of nitrogens with zero attached hydrogens (tertiary/aromatic N) is 3. The van der Waals surface area contributed by atoms with Crippen LogP contribution in [-0.4, -0.2) is 29.3 Å². The van der Waals surface area contributed by atoms with Crippen molar-refractivity contribution in [3.05, 3.63) is 64.3 Å². The van der Waals surface area contributed by atoms with Crippen LogP contribution in [0.1, 0.15) is 22.5 Å². The van der Waals surface area contributed by atoms with Gasteiger partial charge in [-0.25, -0.2) is 4.68 Å². The number of aromatic nitrogens is 2. The van der Waals surface area contributed by atoms with Gasteiger partial charge in [-0.15, -0.1) is 11.3 Å². The van der Waals surface area contributed by atoms with Gasteiger partial charge in [-0.2, -0.15) is 10.4 Å². The molecule has 1 unspecified atom stereocenters. The average Bonchev–Trinajstić information content (AvgIpc) is 3.21. The van der Waals surface area contributed by atoms with Crippen LogP contribution in [0, 0.1) is 25.2 Å². The molecule has 0 spiro atoms. The molecule has 0 aliphatic carbocycles. The zero-order valence-corrected chi connectivity index (χ0v) is 16.4. The fraction of sp³-hybridized carbons (Fsp3) is 0.250. The number of likely N-dealkylation sites (N-methyl/N-ethyl adjacent to an activating group) is 1. The lowest BCUT2D eigenvalue weighted by Crippen LogP contribution is -3.08. The Bertz CT molecular complexity index is 984. The van der Waals surface area contributed by atoms with Crippen molar-refractivity contribution in [1.82, 2.24) is 9.78 Å². The van der Waals surface area contributed by atoms with Gasteiger partial charge in [0.1, 0.15) is 17.6 Å². The normalized spacial score (nSPS) is 11.8. The van der Waals surface area contributed by atoms with Crippen molar-refractivity contribution in [2.45, 2.75) is 20.4 Å². The van der Waals surface area contributed by atoms with Crippen LogP contribution in [0.5, 0.6) is 0 Å². The first kappa shape index (κ1) is 18.8. The lowest BCUT2D eigenvalue weighted by atomic mass is 10.2. The molecular formula is C20H22N5OS+. The molecule has 0 aliphatic heterocycles. The summed E-state index contributed by atoms with van der Waals surface area (Å²) in [6.45, 7) is 5.08. The minimum Gasteiger partial charge on any atom is -0.326 e. The molecule has 0 saturated carbocycles. The Balaban J connectivity index is 1.68. The van der Waals surface area contributed by atoms with E-state index in [9.17, 15) is 4.79 Å². The summed E-state index contributed by atoms with van der Waals surface area (Å²) in [5.74, 6) is -0.0998. The average molecular weight is 380 g/mol. The lowest BCUT2D eigenvalue weighted by molar-refractivity contribution is -0.885. The number of hydrogen-bond acceptors (Lipinski definition) is 4. The third kappa shape index (κ3) is 4.25. The van der Waals surface area contributed by atoms with E-state index in [1.165, 1.54) is 11.3 Å². The number of carbonyl (C=O) groups excluding carboxylic acids is 1. The number of nitrogens with one attached hydrogen (secondary N) is 2. The smallest absolute Gasteiger partial charge is 0.280 e. The van der Waals surface area contributed by atoms with E-state index in [1.54, 1.807) is 11.4 Å². The highest BCUT2D eigenvalue weighted by atomic mass is 32.1. The first-order chi connectivity index (χ1) is 13.0. The first-order valence-corrected chi connectivity index (χ1v) is 9.56. The molecule has 3 aromatic rings. The molecule has 0 bridgehead atoms. The molecule has 1 atom stereocenters. The van der Waals surface area contributed by atoms with Crippen LogP contribution in [-0.2, 0) is 11.3 Å². The van der Waals surface area contributed by atoms with Gasteiger partial charge in [-0.05, 0) is 37.4 Å². The van der Waals surface area contributed by atoms with Gasteiger partial charge in [0.05, 0.1) is 35.2 Å². The molecule has 7 heteroatoms. The van der Waals surface area contributed by atoms with Gasteiger partial charge in [-0.1, -0.05) is 18.2 Å². The summed E-state index contributed by atoms with van der Waals surface area (Å²) >= 11 is 1.36. The van der Waals surface area contributed by atoms with E-state index in [1.807, 2.05) is 49.0 Å². The molecule has 0 fully saturated rings. The maximum Gasteiger partial charge on any atom is 0.280 e. The second kappa shape index (κ2) is 8.16. The summed E-state index contributed by atoms with van der Waals surface area (Å²) in [5.41, 5.74) is 4.74. The predicted octanol–water partition coefficient (Wildman–Crippen LogP) is 2.08. The highest BCUT2D eigenvalue weighted by molar-refractivity contribution is 7.14. The van der Waals surface area contributed by atoms with E-state index in [-0.39, 0.29) is 5.91 Å². The van der Waals surface area contributed by atoms with Gasteiger partial charge < -0.3 is 10.2 Å². The molecule has 1 aromatic carbocycles. The number of amides is 1. The number of thiophene rings is 1. The third-order valence-corrected chi connectivity index (χ3v) is 5.25. The van der Waals surface area contributed by atoms with Crippen LogP contribution in [0.25, 0.3) is 5.69 Å². The number of anilines is 1. The van der Waals surface area contributed by atoms with E-state index >= 15 is 0 Å². The number of hydrogen-bond donors (Lipinski definition) is 2. The fourth-order valence-corrected chi connectivity index (χ4v) is 3.81. The van der Waals surface area contributed by atoms with Crippen molar-refractivity contribution < 1.29 is 9.69 Å². The van der Waals surface area contributed by atoms with Crippen LogP contribution in [0.3, 0.4) is 0 Å². The van der Waals surface area contributed by atoms with Crippen LogP contribution >= 0.6 is 11.3 Å². The molecule has 6 nitrogen and oxygen atoms in total. The van der Waals surface area contributed by atoms with Crippen LogP contribution in [0.15, 0.2) is 41.8 Å². The van der Waals surface area contributed by atoms with Crippen molar-refractivity contribution in [2.75, 3.05) is 18.9 Å². The number of para-hydroxylation sites is 1. The van der Waals surface area contributed by atoms with Crippen molar-refractivity contribution >= 4 is 22.2 Å². The maximum absolute atomic E-state index is 12.3. The van der Waals surface area contributed by atoms with Gasteiger partial charge in [0.2, 0.25) is 0 Å². The molecule has 1 amide bonds. The molecule has 2 aromatic heterocycles. The van der Waals surface area contributed by atoms with E-state index in [4.69, 9.17) is 5.26 Å². The highest BCUT2D eigenvalue weighted by Gasteiger charge is 2.19. The zero-order valence-electron chi connectivity index (χ0n) is 15.6. The Morgan fingerprint density at radius 3 is 2.74 bits per heavy atom. The van der Waals surface area contributed by atoms with Crippen molar-refractivity contribution in [2.24, 2.45) is 0 Å². The van der Waals surface area contributed by atoms with Crippen molar-refractivity contribution in [3.8, 4) is 11.8 Å². The maximum atomic E-state index is 12.3. The molecule has 0 radical (unpaired) electrons. The molecule has 3 rings (SSSR count). The largest absolute Gasteiger partial charge is 0.326 e. The molecule has 138 valence electrons. The Morgan fingerprint density at radius 1 is 1.30 bits per heavy atom. The standard InChI is InChI=1S/C20H21N5OS/c1-14-18(15(2)25(23-14)17-7-5-4-6-8-17)12-24(3)13-19(26)22-20-16(11-21)9-10-27-20/h4-10H,12-13H2,1-3H3,(H,22,26)/p+1. The minimum atomic E-state index is -0.0998. The van der Waals surface area contributed by atoms with Gasteiger partial charge >= 0.3 is 0 Å². The van der Waals surface area contributed by atoms with E-state index < -0.39 is 0 Å². The molecule has 0 aliphatic rings. The number of quaternary nitrogens is 1. The SMILES string of the molecule is Cc1nn(-c2ccccc2)c(C)c1C[NH+](C)CC(=O)Nc1sccc1C#N. The number of carbonyl (C=O) groups is 1. The number of benzene rings is 1. The van der Waals surface area contributed by atoms with Gasteiger partial charge in [0.25, 0.3) is 5.91 Å². The Morgan fingerprint density at radius 2 is 2.04 bits per heavy atom. The highest BCUT2D eigenvalue weighted by Crippen LogP contribution is 2.21. The summed E-state index contributed by atoms with van der Waals surface area (Å²) in [6, 6.07) is 13.8. The second-order valence-electron chi connectivity index (χ2n) is 6.53. The Hall–Kier alpha value is -2.95. The quantitative estimate of drug-likeness (QED) is 0.687. The third-order valence-electron chi connectivity index (χ3n) is 4.42. The summed E-state index contributed by atoms with van der Waals surface area (Å²) in [5, 5.41) is 19.0. The lowest BCUT2D eigenvalue weighted by Gasteiger charge is -2.14. The van der Waals surface area contributed by atoms with E-state index in [0.29, 0.717) is 23.7 Å². The number of rotatable bonds is 6. The predicted molar refractivity (Wildman–Crippen MR) is 106 cm³/mol. The van der Waals surface area contributed by atoms with E-state index in [0.717, 1.165) is 27.5 Å². The molecular weight excluding hydrogens is 358 g/mol. The Kier molecular flexibility index (Phi) is 5.69. The monoisotopic (exact) mass is 380 g/mol. The molecule has 0 saturated heterocycles. The fourth-order valence-electron chi connectivity index (χ4n) is 3.05. The topological polar surface area (TPSA) is 75.2 Å². The van der Waals surface area contributed by atoms with Gasteiger partial charge in [0, 0.05) is 0 Å². The Labute approximate surface area is 162 Å². The summed E-state index contributed by atoms with van der Waals surface area (Å²) in [7, 11) is 1.98. The van der Waals surface area contributed by atoms with Crippen LogP contribution < -0.4 is 10.2 Å². The zero-order chi connectivity index (χ0) is 19.4. The minimum absolute atomic E-state index is 0.0998. The van der Waals surface area contributed by atoms with Gasteiger partial charge in [-0.3, -0.25) is 4.79 Å². The molecule has 2 heterocycles. The second-order valence-corrected chi connectivity index (χ2v) is 7.45. The van der Waals surface area contributed by atoms with Gasteiger partial charge in [0.15, 0.2) is 6.54 Å². The molecule has 2 N–H and O–H groups in total. The summed E-state index contributed by atoms with van der Waals surface area (Å²) < 4.78 is 1.95. The van der Waals surface area contributed by atoms with Crippen molar-refractivity contribution in [1.29, 1.82) is 5.26 Å². The van der Waals surface area contributed by atoms with E-state index in [2.05, 4.69) is 23.4 Å². The van der Waals surface area contributed by atoms with Crippen LogP contribution in [0.2, 0.25) is 0 Å². The number of aryl methyl sites for hydroxylation is 1.